The van der Waals surface area contributed by atoms with Gasteiger partial charge in [-0.05, 0) is 75.5 Å². The molecule has 1 unspecified atom stereocenters. The molecule has 1 aromatic carbocycles. The van der Waals surface area contributed by atoms with Gasteiger partial charge in [0, 0.05) is 18.8 Å². The number of benzene rings is 1. The third kappa shape index (κ3) is 4.29. The standard InChI is InChI=1S/C26H32N6O2/c1-3-32-25-22(15-28-32)24(30-20-9-11-21(31-34)12-10-20)23(14-27-25)26(33)29-16(2)18-8-7-17-5-4-6-19(17)13-18/h7-8,13-16,20-21H,3-6,9-12H2,1-2H3,(H,27,30)(H,29,33). The number of rotatable bonds is 7. The van der Waals surface area contributed by atoms with Gasteiger partial charge in [-0.2, -0.15) is 10.0 Å². The van der Waals surface area contributed by atoms with Gasteiger partial charge in [0.05, 0.1) is 34.9 Å². The summed E-state index contributed by atoms with van der Waals surface area (Å²) < 4.78 is 1.84. The first-order valence-electron chi connectivity index (χ1n) is 12.4. The second-order valence-electron chi connectivity index (χ2n) is 9.58. The summed E-state index contributed by atoms with van der Waals surface area (Å²) in [6.45, 7) is 4.75. The van der Waals surface area contributed by atoms with Crippen molar-refractivity contribution in [1.29, 1.82) is 0 Å². The van der Waals surface area contributed by atoms with Gasteiger partial charge in [0.1, 0.15) is 0 Å². The highest BCUT2D eigenvalue weighted by molar-refractivity contribution is 6.06. The summed E-state index contributed by atoms with van der Waals surface area (Å²) in [5.41, 5.74) is 6.00. The molecule has 8 nitrogen and oxygen atoms in total. The monoisotopic (exact) mass is 460 g/mol. The highest BCUT2D eigenvalue weighted by atomic mass is 16.3. The van der Waals surface area contributed by atoms with E-state index >= 15 is 0 Å². The van der Waals surface area contributed by atoms with E-state index in [9.17, 15) is 9.70 Å². The molecule has 2 heterocycles. The molecule has 1 fully saturated rings. The highest BCUT2D eigenvalue weighted by Gasteiger charge is 2.26. The molecule has 0 spiro atoms. The third-order valence-corrected chi connectivity index (χ3v) is 7.37. The van der Waals surface area contributed by atoms with Gasteiger partial charge in [-0.15, -0.1) is 0 Å². The van der Waals surface area contributed by atoms with E-state index in [-0.39, 0.29) is 24.0 Å². The van der Waals surface area contributed by atoms with Crippen LogP contribution < -0.4 is 10.6 Å². The first kappa shape index (κ1) is 22.5. The molecule has 0 aliphatic heterocycles. The first-order chi connectivity index (χ1) is 16.6. The molecule has 2 aliphatic carbocycles. The van der Waals surface area contributed by atoms with Crippen molar-refractivity contribution in [2.24, 2.45) is 5.18 Å². The molecule has 178 valence electrons. The normalized spacial score (nSPS) is 20.6. The van der Waals surface area contributed by atoms with Crippen LogP contribution in [0.1, 0.15) is 79.0 Å². The second-order valence-corrected chi connectivity index (χ2v) is 9.58. The quantitative estimate of drug-likeness (QED) is 0.487. The van der Waals surface area contributed by atoms with Crippen molar-refractivity contribution in [2.45, 2.75) is 83.5 Å². The lowest BCUT2D eigenvalue weighted by atomic mass is 9.91. The smallest absolute Gasteiger partial charge is 0.255 e. The molecule has 8 heteroatoms. The second kappa shape index (κ2) is 9.52. The largest absolute Gasteiger partial charge is 0.381 e. The molecule has 34 heavy (non-hydrogen) atoms. The van der Waals surface area contributed by atoms with Gasteiger partial charge in [0.25, 0.3) is 5.91 Å². The van der Waals surface area contributed by atoms with E-state index in [1.165, 1.54) is 17.5 Å². The van der Waals surface area contributed by atoms with Crippen molar-refractivity contribution in [3.63, 3.8) is 0 Å². The number of aromatic nitrogens is 3. The minimum Gasteiger partial charge on any atom is -0.381 e. The zero-order valence-electron chi connectivity index (χ0n) is 19.9. The molecule has 2 N–H and O–H groups in total. The summed E-state index contributed by atoms with van der Waals surface area (Å²) in [6, 6.07) is 6.52. The molecule has 2 aromatic heterocycles. The Balaban J connectivity index is 1.41. The van der Waals surface area contributed by atoms with E-state index in [0.717, 1.165) is 60.8 Å². The lowest BCUT2D eigenvalue weighted by Crippen LogP contribution is -2.31. The molecule has 0 bridgehead atoms. The fourth-order valence-electron chi connectivity index (χ4n) is 5.33. The minimum absolute atomic E-state index is 0.103. The Morgan fingerprint density at radius 1 is 1.18 bits per heavy atom. The number of hydrogen-bond acceptors (Lipinski definition) is 6. The van der Waals surface area contributed by atoms with Crippen LogP contribution >= 0.6 is 0 Å². The number of anilines is 1. The summed E-state index contributed by atoms with van der Waals surface area (Å²) in [6.07, 6.45) is 10.1. The molecule has 0 radical (unpaired) electrons. The maximum atomic E-state index is 13.5. The van der Waals surface area contributed by atoms with Crippen molar-refractivity contribution in [3.05, 3.63) is 57.8 Å². The summed E-state index contributed by atoms with van der Waals surface area (Å²) in [7, 11) is 0. The Hall–Kier alpha value is -3.29. The molecule has 1 atom stereocenters. The Morgan fingerprint density at radius 2 is 1.97 bits per heavy atom. The van der Waals surface area contributed by atoms with Gasteiger partial charge >= 0.3 is 0 Å². The molecule has 3 aromatic rings. The van der Waals surface area contributed by atoms with Crippen LogP contribution in [0.25, 0.3) is 11.0 Å². The number of nitroso groups, excluding NO2 is 1. The predicted molar refractivity (Wildman–Crippen MR) is 133 cm³/mol. The Bertz CT molecular complexity index is 1210. The average Bonchev–Trinajstić information content (AvgIpc) is 3.51. The Morgan fingerprint density at radius 3 is 2.74 bits per heavy atom. The third-order valence-electron chi connectivity index (χ3n) is 7.37. The topological polar surface area (TPSA) is 101 Å². The number of nitrogens with one attached hydrogen (secondary N) is 2. The van der Waals surface area contributed by atoms with Crippen molar-refractivity contribution >= 4 is 22.6 Å². The van der Waals surface area contributed by atoms with Gasteiger partial charge in [-0.25, -0.2) is 9.67 Å². The van der Waals surface area contributed by atoms with E-state index in [4.69, 9.17) is 0 Å². The van der Waals surface area contributed by atoms with Crippen LogP contribution in [-0.2, 0) is 19.4 Å². The Labute approximate surface area is 199 Å². The predicted octanol–water partition coefficient (Wildman–Crippen LogP) is 4.92. The van der Waals surface area contributed by atoms with Crippen LogP contribution in [-0.4, -0.2) is 32.8 Å². The molecular weight excluding hydrogens is 428 g/mol. The summed E-state index contributed by atoms with van der Waals surface area (Å²) >= 11 is 0. The number of carbonyl (C=O) groups excluding carboxylic acids is 1. The van der Waals surface area contributed by atoms with Crippen LogP contribution in [0.3, 0.4) is 0 Å². The zero-order chi connectivity index (χ0) is 23.7. The summed E-state index contributed by atoms with van der Waals surface area (Å²) in [4.78, 5) is 29.0. The number of pyridine rings is 1. The number of amides is 1. The fraction of sp³-hybridized carbons (Fsp3) is 0.500. The summed E-state index contributed by atoms with van der Waals surface area (Å²) in [5, 5.41) is 15.3. The van der Waals surface area contributed by atoms with Crippen LogP contribution in [0.5, 0.6) is 0 Å². The van der Waals surface area contributed by atoms with E-state index < -0.39 is 0 Å². The van der Waals surface area contributed by atoms with Crippen LogP contribution in [0.2, 0.25) is 0 Å². The molecule has 1 saturated carbocycles. The summed E-state index contributed by atoms with van der Waals surface area (Å²) in [5.74, 6) is -0.155. The van der Waals surface area contributed by atoms with Gasteiger partial charge < -0.3 is 10.6 Å². The number of hydrogen-bond donors (Lipinski definition) is 2. The number of carbonyl (C=O) groups is 1. The van der Waals surface area contributed by atoms with Gasteiger partial charge in [0.2, 0.25) is 0 Å². The van der Waals surface area contributed by atoms with Crippen LogP contribution in [0.15, 0.2) is 35.8 Å². The van der Waals surface area contributed by atoms with Crippen molar-refractivity contribution in [1.82, 2.24) is 20.1 Å². The van der Waals surface area contributed by atoms with Crippen molar-refractivity contribution in [3.8, 4) is 0 Å². The van der Waals surface area contributed by atoms with Crippen molar-refractivity contribution in [2.75, 3.05) is 5.32 Å². The zero-order valence-corrected chi connectivity index (χ0v) is 19.9. The number of fused-ring (bicyclic) bond motifs is 2. The highest BCUT2D eigenvalue weighted by Crippen LogP contribution is 2.31. The van der Waals surface area contributed by atoms with E-state index in [0.29, 0.717) is 12.1 Å². The van der Waals surface area contributed by atoms with Crippen LogP contribution in [0, 0.1) is 4.91 Å². The van der Waals surface area contributed by atoms with Gasteiger partial charge in [0.15, 0.2) is 5.65 Å². The van der Waals surface area contributed by atoms with E-state index in [1.807, 2.05) is 18.5 Å². The number of nitrogens with zero attached hydrogens (tertiary/aromatic N) is 4. The van der Waals surface area contributed by atoms with Gasteiger partial charge in [-0.3, -0.25) is 4.79 Å². The maximum absolute atomic E-state index is 13.5. The SMILES string of the molecule is CCn1ncc2c(NC3CCC(N=O)CC3)c(C(=O)NC(C)c3ccc4c(c3)CCC4)cnc21. The van der Waals surface area contributed by atoms with E-state index in [2.05, 4.69) is 44.1 Å². The Kier molecular flexibility index (Phi) is 6.30. The lowest BCUT2D eigenvalue weighted by molar-refractivity contribution is 0.0940. The average molecular weight is 461 g/mol. The maximum Gasteiger partial charge on any atom is 0.255 e. The lowest BCUT2D eigenvalue weighted by Gasteiger charge is -2.27. The first-order valence-corrected chi connectivity index (χ1v) is 12.4. The fourth-order valence-corrected chi connectivity index (χ4v) is 5.33. The number of aryl methyl sites for hydroxylation is 3. The molecule has 5 rings (SSSR count). The van der Waals surface area contributed by atoms with Crippen LogP contribution in [0.4, 0.5) is 5.69 Å². The molecule has 1 amide bonds. The van der Waals surface area contributed by atoms with Crippen molar-refractivity contribution < 1.29 is 4.79 Å². The molecule has 2 aliphatic rings. The minimum atomic E-state index is -0.155. The van der Waals surface area contributed by atoms with Gasteiger partial charge in [-0.1, -0.05) is 23.4 Å². The molecule has 0 saturated heterocycles. The molecular formula is C26H32N6O2. The van der Waals surface area contributed by atoms with E-state index in [1.54, 1.807) is 12.4 Å².